The molecule has 2 fully saturated rings. The Morgan fingerprint density at radius 2 is 1.94 bits per heavy atom. The number of hydrogen-bond donors (Lipinski definition) is 0. The number of aryl methyl sites for hydroxylation is 1. The number of amides is 2. The normalized spacial score (nSPS) is 21.5. The lowest BCUT2D eigenvalue weighted by molar-refractivity contribution is -0.135. The molecule has 0 aliphatic carbocycles. The van der Waals surface area contributed by atoms with Crippen LogP contribution in [0.1, 0.15) is 42.4 Å². The van der Waals surface area contributed by atoms with Gasteiger partial charge in [-0.1, -0.05) is 34.1 Å². The van der Waals surface area contributed by atoms with Gasteiger partial charge in [-0.15, -0.1) is 0 Å². The number of benzene rings is 1. The second-order valence-corrected chi connectivity index (χ2v) is 10.1. The van der Waals surface area contributed by atoms with Crippen molar-refractivity contribution >= 4 is 27.7 Å². The summed E-state index contributed by atoms with van der Waals surface area (Å²) in [7, 11) is 2.07. The van der Waals surface area contributed by atoms with Crippen LogP contribution in [0.15, 0.2) is 39.3 Å². The largest absolute Gasteiger partial charge is 0.490 e. The summed E-state index contributed by atoms with van der Waals surface area (Å²) >= 11 is 3.49. The highest BCUT2D eigenvalue weighted by molar-refractivity contribution is 9.10. The van der Waals surface area contributed by atoms with Gasteiger partial charge < -0.3 is 24.0 Å². The number of halogens is 1. The van der Waals surface area contributed by atoms with Gasteiger partial charge in [0.25, 0.3) is 5.91 Å². The Hall–Kier alpha value is -2.39. The van der Waals surface area contributed by atoms with Gasteiger partial charge in [0.1, 0.15) is 17.6 Å². The van der Waals surface area contributed by atoms with Crippen LogP contribution in [0.25, 0.3) is 0 Å². The Morgan fingerprint density at radius 1 is 1.15 bits per heavy atom. The average molecular weight is 533 g/mol. The first-order valence-corrected chi connectivity index (χ1v) is 12.9. The summed E-state index contributed by atoms with van der Waals surface area (Å²) < 4.78 is 12.6. The molecule has 2 aromatic rings. The summed E-state index contributed by atoms with van der Waals surface area (Å²) in [5.41, 5.74) is 0.332. The molecule has 0 unspecified atom stereocenters. The van der Waals surface area contributed by atoms with Crippen LogP contribution in [0, 0.1) is 5.92 Å². The predicted molar refractivity (Wildman–Crippen MR) is 132 cm³/mol. The van der Waals surface area contributed by atoms with Crippen LogP contribution in [0.5, 0.6) is 5.75 Å². The van der Waals surface area contributed by atoms with Crippen LogP contribution < -0.4 is 4.74 Å². The molecule has 1 aromatic heterocycles. The molecule has 0 N–H and O–H groups in total. The van der Waals surface area contributed by atoms with Crippen molar-refractivity contribution in [1.29, 1.82) is 0 Å². The number of likely N-dealkylation sites (tertiary alicyclic amines) is 1. The molecule has 0 bridgehead atoms. The molecule has 2 aliphatic heterocycles. The monoisotopic (exact) mass is 532 g/mol. The van der Waals surface area contributed by atoms with E-state index >= 15 is 0 Å². The van der Waals surface area contributed by atoms with Gasteiger partial charge in [0.2, 0.25) is 5.91 Å². The maximum atomic E-state index is 13.2. The molecule has 2 amide bonds. The van der Waals surface area contributed by atoms with Gasteiger partial charge in [-0.3, -0.25) is 9.59 Å². The van der Waals surface area contributed by atoms with Gasteiger partial charge in [0, 0.05) is 75.0 Å². The van der Waals surface area contributed by atoms with Crippen LogP contribution in [0.4, 0.5) is 0 Å². The van der Waals surface area contributed by atoms with Crippen molar-refractivity contribution in [3.63, 3.8) is 0 Å². The van der Waals surface area contributed by atoms with E-state index in [1.807, 2.05) is 29.2 Å². The molecule has 4 rings (SSSR count). The molecule has 3 heterocycles. The number of piperazine rings is 1. The molecule has 0 spiro atoms. The van der Waals surface area contributed by atoms with Crippen molar-refractivity contribution in [2.45, 2.75) is 38.7 Å². The number of hydrogen-bond acceptors (Lipinski definition) is 6. The third kappa shape index (κ3) is 6.18. The first-order chi connectivity index (χ1) is 16.4. The van der Waals surface area contributed by atoms with Crippen molar-refractivity contribution in [3.05, 3.63) is 46.3 Å². The molecule has 0 radical (unpaired) electrons. The Bertz CT molecular complexity index is 989. The van der Waals surface area contributed by atoms with E-state index in [4.69, 9.17) is 9.26 Å². The van der Waals surface area contributed by atoms with Gasteiger partial charge in [0.05, 0.1) is 0 Å². The van der Waals surface area contributed by atoms with Crippen molar-refractivity contribution in [2.75, 3.05) is 46.3 Å². The minimum Gasteiger partial charge on any atom is -0.490 e. The molecule has 2 atom stereocenters. The molecule has 9 heteroatoms. The van der Waals surface area contributed by atoms with E-state index in [0.29, 0.717) is 31.6 Å². The molecular formula is C25H33BrN4O4. The minimum absolute atomic E-state index is 0.106. The molecule has 184 valence electrons. The number of carbonyl (C=O) groups is 2. The van der Waals surface area contributed by atoms with Crippen LogP contribution in [-0.4, -0.2) is 84.1 Å². The number of carbonyl (C=O) groups excluding carboxylic acids is 2. The van der Waals surface area contributed by atoms with E-state index in [1.165, 1.54) is 0 Å². The SMILES string of the molecule is CCCc1cc(C(=O)N2CC[C@H](Oc3cccc(Br)c3)[C@@H](CC(=O)N3CCN(C)CC3)C2)no1. The zero-order valence-electron chi connectivity index (χ0n) is 19.9. The summed E-state index contributed by atoms with van der Waals surface area (Å²) in [6.45, 7) is 6.29. The number of rotatable bonds is 7. The molecule has 8 nitrogen and oxygen atoms in total. The van der Waals surface area contributed by atoms with E-state index in [-0.39, 0.29) is 23.8 Å². The maximum Gasteiger partial charge on any atom is 0.276 e. The van der Waals surface area contributed by atoms with Crippen molar-refractivity contribution in [1.82, 2.24) is 19.9 Å². The number of likely N-dealkylation sites (N-methyl/N-ethyl adjacent to an activating group) is 1. The minimum atomic E-state index is -0.150. The predicted octanol–water partition coefficient (Wildman–Crippen LogP) is 3.46. The first-order valence-electron chi connectivity index (χ1n) is 12.1. The molecule has 1 aromatic carbocycles. The summed E-state index contributed by atoms with van der Waals surface area (Å²) in [4.78, 5) is 32.3. The zero-order chi connectivity index (χ0) is 24.1. The average Bonchev–Trinajstić information content (AvgIpc) is 3.29. The quantitative estimate of drug-likeness (QED) is 0.543. The summed E-state index contributed by atoms with van der Waals surface area (Å²) in [6, 6.07) is 9.47. The molecule has 34 heavy (non-hydrogen) atoms. The Labute approximate surface area is 209 Å². The van der Waals surface area contributed by atoms with Crippen molar-refractivity contribution < 1.29 is 18.8 Å². The van der Waals surface area contributed by atoms with E-state index in [9.17, 15) is 9.59 Å². The second kappa shape index (κ2) is 11.4. The Kier molecular flexibility index (Phi) is 8.26. The Morgan fingerprint density at radius 3 is 2.68 bits per heavy atom. The van der Waals surface area contributed by atoms with Gasteiger partial charge in [-0.2, -0.15) is 0 Å². The first kappa shape index (κ1) is 24.7. The fourth-order valence-electron chi connectivity index (χ4n) is 4.61. The van der Waals surface area contributed by atoms with Crippen LogP contribution >= 0.6 is 15.9 Å². The van der Waals surface area contributed by atoms with Crippen LogP contribution in [0.3, 0.4) is 0 Å². The van der Waals surface area contributed by atoms with E-state index in [1.54, 1.807) is 11.0 Å². The molecule has 2 saturated heterocycles. The highest BCUT2D eigenvalue weighted by atomic mass is 79.9. The lowest BCUT2D eigenvalue weighted by Gasteiger charge is -2.39. The van der Waals surface area contributed by atoms with Gasteiger partial charge in [-0.25, -0.2) is 0 Å². The molecule has 0 saturated carbocycles. The van der Waals surface area contributed by atoms with E-state index in [2.05, 4.69) is 40.0 Å². The zero-order valence-corrected chi connectivity index (χ0v) is 21.5. The van der Waals surface area contributed by atoms with Crippen molar-refractivity contribution in [2.24, 2.45) is 5.92 Å². The second-order valence-electron chi connectivity index (χ2n) is 9.23. The van der Waals surface area contributed by atoms with E-state index < -0.39 is 0 Å². The maximum absolute atomic E-state index is 13.2. The van der Waals surface area contributed by atoms with Gasteiger partial charge >= 0.3 is 0 Å². The highest BCUT2D eigenvalue weighted by Crippen LogP contribution is 2.28. The third-order valence-corrected chi connectivity index (χ3v) is 7.10. The fourth-order valence-corrected chi connectivity index (χ4v) is 4.99. The third-order valence-electron chi connectivity index (χ3n) is 6.60. The van der Waals surface area contributed by atoms with Crippen molar-refractivity contribution in [3.8, 4) is 5.75 Å². The van der Waals surface area contributed by atoms with Crippen LogP contribution in [0.2, 0.25) is 0 Å². The number of ether oxygens (including phenoxy) is 1. The summed E-state index contributed by atoms with van der Waals surface area (Å²) in [6.07, 6.45) is 2.54. The number of aromatic nitrogens is 1. The van der Waals surface area contributed by atoms with Gasteiger partial charge in [-0.05, 0) is 31.7 Å². The summed E-state index contributed by atoms with van der Waals surface area (Å²) in [5, 5.41) is 3.99. The highest BCUT2D eigenvalue weighted by Gasteiger charge is 2.36. The number of nitrogens with zero attached hydrogens (tertiary/aromatic N) is 4. The molecule has 2 aliphatic rings. The lowest BCUT2D eigenvalue weighted by Crippen LogP contribution is -2.51. The smallest absolute Gasteiger partial charge is 0.276 e. The van der Waals surface area contributed by atoms with Crippen LogP contribution in [-0.2, 0) is 11.2 Å². The Balaban J connectivity index is 1.47. The lowest BCUT2D eigenvalue weighted by atomic mass is 9.90. The standard InChI is InChI=1S/C25H33BrN4O4/c1-3-5-21-16-22(27-34-21)25(32)30-9-8-23(33-20-7-4-6-19(26)15-20)18(17-30)14-24(31)29-12-10-28(2)11-13-29/h4,6-7,15-16,18,23H,3,5,8-14,17H2,1-2H3/t18-,23-/m0/s1. The van der Waals surface area contributed by atoms with Gasteiger partial charge in [0.15, 0.2) is 5.69 Å². The number of piperidine rings is 1. The topological polar surface area (TPSA) is 79.1 Å². The molecular weight excluding hydrogens is 500 g/mol. The fraction of sp³-hybridized carbons (Fsp3) is 0.560. The summed E-state index contributed by atoms with van der Waals surface area (Å²) in [5.74, 6) is 1.36. The van der Waals surface area contributed by atoms with E-state index in [0.717, 1.165) is 55.0 Å².